The first-order valence-corrected chi connectivity index (χ1v) is 7.58. The van der Waals surface area contributed by atoms with Crippen molar-refractivity contribution in [3.8, 4) is 0 Å². The fourth-order valence-corrected chi connectivity index (χ4v) is 3.09. The summed E-state index contributed by atoms with van der Waals surface area (Å²) < 4.78 is 14.2. The van der Waals surface area contributed by atoms with Crippen LogP contribution in [0.1, 0.15) is 31.1 Å². The molecule has 102 valence electrons. The van der Waals surface area contributed by atoms with Gasteiger partial charge in [0.05, 0.1) is 22.2 Å². The van der Waals surface area contributed by atoms with E-state index in [4.69, 9.17) is 5.73 Å². The number of benzene rings is 1. The van der Waals surface area contributed by atoms with Crippen molar-refractivity contribution in [3.05, 3.63) is 41.7 Å². The predicted octanol–water partition coefficient (Wildman–Crippen LogP) is 2.66. The zero-order valence-electron chi connectivity index (χ0n) is 11.5. The van der Waals surface area contributed by atoms with Gasteiger partial charge < -0.3 is 5.73 Å². The molecule has 0 aliphatic carbocycles. The summed E-state index contributed by atoms with van der Waals surface area (Å²) in [6, 6.07) is 7.74. The highest BCUT2D eigenvalue weighted by atomic mass is 32.2. The third-order valence-electron chi connectivity index (χ3n) is 2.93. The third kappa shape index (κ3) is 3.23. The molecule has 0 fully saturated rings. The molecule has 4 nitrogen and oxygen atoms in total. The van der Waals surface area contributed by atoms with Gasteiger partial charge in [-0.3, -0.25) is 8.89 Å². The van der Waals surface area contributed by atoms with Gasteiger partial charge in [0.25, 0.3) is 0 Å². The van der Waals surface area contributed by atoms with Gasteiger partial charge in [-0.25, -0.2) is 0 Å². The van der Waals surface area contributed by atoms with E-state index in [1.807, 2.05) is 36.0 Å². The van der Waals surface area contributed by atoms with Crippen molar-refractivity contribution in [1.82, 2.24) is 9.78 Å². The molecule has 0 saturated carbocycles. The molecule has 1 unspecified atom stereocenters. The number of aromatic nitrogens is 2. The molecule has 5 heteroatoms. The summed E-state index contributed by atoms with van der Waals surface area (Å²) in [5.74, 6) is 0.421. The van der Waals surface area contributed by atoms with Crippen LogP contribution in [0.5, 0.6) is 0 Å². The lowest BCUT2D eigenvalue weighted by molar-refractivity contribution is 0.528. The minimum absolute atomic E-state index is 0.316. The fourth-order valence-electron chi connectivity index (χ4n) is 1.82. The minimum atomic E-state index is -1.11. The normalized spacial score (nSPS) is 12.8. The second-order valence-corrected chi connectivity index (χ2v) is 6.32. The van der Waals surface area contributed by atoms with Crippen molar-refractivity contribution in [2.45, 2.75) is 37.5 Å². The molecule has 19 heavy (non-hydrogen) atoms. The number of rotatable bonds is 4. The number of nitrogens with two attached hydrogens (primary N) is 1. The van der Waals surface area contributed by atoms with E-state index in [9.17, 15) is 4.21 Å². The molecule has 1 heterocycles. The number of hydrogen-bond acceptors (Lipinski definition) is 3. The lowest BCUT2D eigenvalue weighted by Gasteiger charge is -2.06. The summed E-state index contributed by atoms with van der Waals surface area (Å²) in [7, 11) is -1.11. The summed E-state index contributed by atoms with van der Waals surface area (Å²) in [5.41, 5.74) is 8.23. The van der Waals surface area contributed by atoms with Crippen LogP contribution in [-0.2, 0) is 16.6 Å². The second-order valence-electron chi connectivity index (χ2n) is 4.90. The lowest BCUT2D eigenvalue weighted by atomic mass is 10.2. The largest absolute Gasteiger partial charge is 0.399 e. The summed E-state index contributed by atoms with van der Waals surface area (Å²) in [5, 5.41) is 4.42. The summed E-state index contributed by atoms with van der Waals surface area (Å²) in [4.78, 5) is 0.791. The Morgan fingerprint density at radius 3 is 2.74 bits per heavy atom. The Bertz CT molecular complexity index is 604. The molecule has 1 atom stereocenters. The van der Waals surface area contributed by atoms with Crippen molar-refractivity contribution < 1.29 is 4.21 Å². The van der Waals surface area contributed by atoms with Gasteiger partial charge >= 0.3 is 0 Å². The smallest absolute Gasteiger partial charge is 0.0753 e. The van der Waals surface area contributed by atoms with E-state index < -0.39 is 10.8 Å². The van der Waals surface area contributed by atoms with Gasteiger partial charge in [0.2, 0.25) is 0 Å². The maximum absolute atomic E-state index is 12.4. The van der Waals surface area contributed by atoms with Crippen molar-refractivity contribution in [2.24, 2.45) is 0 Å². The van der Waals surface area contributed by atoms with E-state index in [1.165, 1.54) is 0 Å². The molecular formula is C14H19N3OS. The summed E-state index contributed by atoms with van der Waals surface area (Å²) in [6.45, 7) is 6.07. The molecule has 0 spiro atoms. The van der Waals surface area contributed by atoms with Crippen LogP contribution in [0, 0.1) is 6.92 Å². The highest BCUT2D eigenvalue weighted by Crippen LogP contribution is 2.19. The number of aryl methyl sites for hydroxylation is 1. The Kier molecular flexibility index (Phi) is 4.04. The van der Waals surface area contributed by atoms with Crippen LogP contribution in [0.25, 0.3) is 0 Å². The second kappa shape index (κ2) is 5.57. The van der Waals surface area contributed by atoms with Crippen LogP contribution < -0.4 is 5.73 Å². The zero-order valence-corrected chi connectivity index (χ0v) is 12.3. The predicted molar refractivity (Wildman–Crippen MR) is 78.3 cm³/mol. The highest BCUT2D eigenvalue weighted by molar-refractivity contribution is 7.84. The number of anilines is 1. The van der Waals surface area contributed by atoms with Crippen molar-refractivity contribution in [2.75, 3.05) is 5.73 Å². The number of nitrogens with zero attached hydrogens (tertiary/aromatic N) is 2. The van der Waals surface area contributed by atoms with E-state index in [0.29, 0.717) is 17.5 Å². The first-order valence-electron chi connectivity index (χ1n) is 6.26. The Hall–Kier alpha value is -1.62. The Balaban J connectivity index is 2.18. The quantitative estimate of drug-likeness (QED) is 0.874. The standard InChI is InChI=1S/C14H19N3OS/c1-10(2)17-7-6-13(16-17)9-19(18)14-8-12(15)5-4-11(14)3/h4-8,10H,9,15H2,1-3H3. The zero-order chi connectivity index (χ0) is 14.0. The SMILES string of the molecule is Cc1ccc(N)cc1S(=O)Cc1ccn(C(C)C)n1. The fraction of sp³-hybridized carbons (Fsp3) is 0.357. The van der Waals surface area contributed by atoms with Gasteiger partial charge in [0.1, 0.15) is 0 Å². The maximum Gasteiger partial charge on any atom is 0.0753 e. The van der Waals surface area contributed by atoms with E-state index in [1.54, 1.807) is 6.07 Å². The van der Waals surface area contributed by atoms with Crippen molar-refractivity contribution >= 4 is 16.5 Å². The van der Waals surface area contributed by atoms with E-state index in [2.05, 4.69) is 18.9 Å². The molecule has 2 aromatic rings. The lowest BCUT2D eigenvalue weighted by Crippen LogP contribution is -2.04. The maximum atomic E-state index is 12.4. The molecule has 0 amide bonds. The molecule has 2 rings (SSSR count). The van der Waals surface area contributed by atoms with Gasteiger partial charge in [-0.2, -0.15) is 5.10 Å². The monoisotopic (exact) mass is 277 g/mol. The first-order chi connectivity index (χ1) is 8.97. The number of hydrogen-bond donors (Lipinski definition) is 1. The van der Waals surface area contributed by atoms with Gasteiger partial charge in [0, 0.05) is 22.8 Å². The van der Waals surface area contributed by atoms with Crippen LogP contribution in [0.15, 0.2) is 35.4 Å². The van der Waals surface area contributed by atoms with Crippen LogP contribution in [-0.4, -0.2) is 14.0 Å². The molecule has 0 bridgehead atoms. The molecule has 1 aromatic heterocycles. The van der Waals surface area contributed by atoms with Gasteiger partial charge in [-0.15, -0.1) is 0 Å². The van der Waals surface area contributed by atoms with E-state index >= 15 is 0 Å². The van der Waals surface area contributed by atoms with Crippen molar-refractivity contribution in [3.63, 3.8) is 0 Å². The van der Waals surface area contributed by atoms with Crippen LogP contribution in [0.4, 0.5) is 5.69 Å². The first kappa shape index (κ1) is 13.8. The third-order valence-corrected chi connectivity index (χ3v) is 4.42. The average molecular weight is 277 g/mol. The van der Waals surface area contributed by atoms with Crippen LogP contribution >= 0.6 is 0 Å². The van der Waals surface area contributed by atoms with Gasteiger partial charge in [0.15, 0.2) is 0 Å². The average Bonchev–Trinajstić information content (AvgIpc) is 2.80. The topological polar surface area (TPSA) is 60.9 Å². The summed E-state index contributed by atoms with van der Waals surface area (Å²) in [6.07, 6.45) is 1.92. The van der Waals surface area contributed by atoms with Gasteiger partial charge in [-0.05, 0) is 44.5 Å². The molecule has 0 aliphatic heterocycles. The highest BCUT2D eigenvalue weighted by Gasteiger charge is 2.11. The van der Waals surface area contributed by atoms with Crippen LogP contribution in [0.2, 0.25) is 0 Å². The Morgan fingerprint density at radius 1 is 1.37 bits per heavy atom. The number of nitrogen functional groups attached to an aromatic ring is 1. The van der Waals surface area contributed by atoms with E-state index in [-0.39, 0.29) is 0 Å². The summed E-state index contributed by atoms with van der Waals surface area (Å²) >= 11 is 0. The van der Waals surface area contributed by atoms with E-state index in [0.717, 1.165) is 16.2 Å². The van der Waals surface area contributed by atoms with Crippen LogP contribution in [0.3, 0.4) is 0 Å². The Morgan fingerprint density at radius 2 is 2.11 bits per heavy atom. The molecule has 0 saturated heterocycles. The van der Waals surface area contributed by atoms with Crippen molar-refractivity contribution in [1.29, 1.82) is 0 Å². The molecule has 2 N–H and O–H groups in total. The van der Waals surface area contributed by atoms with Gasteiger partial charge in [-0.1, -0.05) is 6.07 Å². The molecule has 0 radical (unpaired) electrons. The molecule has 1 aromatic carbocycles. The molecule has 0 aliphatic rings. The Labute approximate surface area is 116 Å². The molecular weight excluding hydrogens is 258 g/mol. The minimum Gasteiger partial charge on any atom is -0.399 e.